The number of benzene rings is 2. The summed E-state index contributed by atoms with van der Waals surface area (Å²) in [5, 5.41) is 9.63. The molecule has 0 spiro atoms. The van der Waals surface area contributed by atoms with Crippen LogP contribution in [-0.2, 0) is 19.1 Å². The topological polar surface area (TPSA) is 127 Å². The molecule has 10 nitrogen and oxygen atoms in total. The van der Waals surface area contributed by atoms with Crippen LogP contribution in [0.5, 0.6) is 11.5 Å². The minimum Gasteiger partial charge on any atom is -0.493 e. The number of carbonyl (C=O) groups excluding carboxylic acids is 3. The Morgan fingerprint density at radius 2 is 2.00 bits per heavy atom. The third-order valence-corrected chi connectivity index (χ3v) is 5.88. The molecule has 0 unspecified atom stereocenters. The molecule has 0 radical (unpaired) electrons. The first-order valence-corrected chi connectivity index (χ1v) is 12.1. The van der Waals surface area contributed by atoms with Crippen LogP contribution in [0.15, 0.2) is 41.5 Å². The molecule has 0 aromatic heterocycles. The van der Waals surface area contributed by atoms with Crippen molar-refractivity contribution in [1.82, 2.24) is 10.7 Å². The van der Waals surface area contributed by atoms with E-state index in [0.29, 0.717) is 37.9 Å². The molecule has 3 amide bonds. The lowest BCUT2D eigenvalue weighted by Gasteiger charge is -2.13. The summed E-state index contributed by atoms with van der Waals surface area (Å²) in [7, 11) is 1.47. The van der Waals surface area contributed by atoms with Crippen molar-refractivity contribution in [3.8, 4) is 11.5 Å². The van der Waals surface area contributed by atoms with Crippen molar-refractivity contribution < 1.29 is 28.6 Å². The molecular formula is C23H24ClIN4O6. The highest BCUT2D eigenvalue weighted by Gasteiger charge is 2.19. The molecule has 35 heavy (non-hydrogen) atoms. The number of carbonyl (C=O) groups is 3. The van der Waals surface area contributed by atoms with E-state index in [-0.39, 0.29) is 25.2 Å². The fourth-order valence-electron chi connectivity index (χ4n) is 3.13. The van der Waals surface area contributed by atoms with Gasteiger partial charge in [-0.15, -0.1) is 0 Å². The van der Waals surface area contributed by atoms with Crippen LogP contribution in [0.25, 0.3) is 0 Å². The Balaban J connectivity index is 1.52. The van der Waals surface area contributed by atoms with Crippen LogP contribution in [0, 0.1) is 3.57 Å². The minimum absolute atomic E-state index is 0.0611. The van der Waals surface area contributed by atoms with Gasteiger partial charge in [-0.25, -0.2) is 5.43 Å². The first-order chi connectivity index (χ1) is 16.9. The van der Waals surface area contributed by atoms with Crippen LogP contribution in [-0.4, -0.2) is 56.9 Å². The highest BCUT2D eigenvalue weighted by atomic mass is 127. The van der Waals surface area contributed by atoms with E-state index in [0.717, 1.165) is 12.8 Å². The Morgan fingerprint density at radius 1 is 1.23 bits per heavy atom. The van der Waals surface area contributed by atoms with Crippen molar-refractivity contribution in [2.45, 2.75) is 18.9 Å². The molecule has 1 atom stereocenters. The summed E-state index contributed by atoms with van der Waals surface area (Å²) < 4.78 is 17.1. The average molecular weight is 615 g/mol. The van der Waals surface area contributed by atoms with Crippen LogP contribution in [0.4, 0.5) is 5.69 Å². The van der Waals surface area contributed by atoms with Gasteiger partial charge in [0, 0.05) is 23.9 Å². The van der Waals surface area contributed by atoms with Gasteiger partial charge in [0.25, 0.3) is 5.91 Å². The van der Waals surface area contributed by atoms with Gasteiger partial charge in [0.05, 0.1) is 23.0 Å². The van der Waals surface area contributed by atoms with Crippen molar-refractivity contribution in [2.24, 2.45) is 5.10 Å². The van der Waals surface area contributed by atoms with Crippen molar-refractivity contribution in [3.63, 3.8) is 0 Å². The summed E-state index contributed by atoms with van der Waals surface area (Å²) >= 11 is 7.88. The molecule has 0 bridgehead atoms. The number of nitrogens with one attached hydrogen (secondary N) is 3. The zero-order valence-electron chi connectivity index (χ0n) is 18.8. The number of hydrogen-bond acceptors (Lipinski definition) is 7. The maximum atomic E-state index is 12.2. The predicted molar refractivity (Wildman–Crippen MR) is 139 cm³/mol. The number of rotatable bonds is 9. The number of amides is 3. The number of halogens is 2. The summed E-state index contributed by atoms with van der Waals surface area (Å²) in [4.78, 5) is 36.0. The Bertz CT molecular complexity index is 1090. The molecule has 1 heterocycles. The molecule has 3 rings (SSSR count). The number of hydrazone groups is 1. The van der Waals surface area contributed by atoms with Crippen LogP contribution >= 0.6 is 34.2 Å². The summed E-state index contributed by atoms with van der Waals surface area (Å²) in [6.45, 7) is 0.712. The molecule has 2 aromatic rings. The molecule has 0 saturated carbocycles. The molecule has 1 fully saturated rings. The van der Waals surface area contributed by atoms with Crippen molar-refractivity contribution in [1.29, 1.82) is 0 Å². The third kappa shape index (κ3) is 8.37. The van der Waals surface area contributed by atoms with Crippen molar-refractivity contribution in [2.75, 3.05) is 32.2 Å². The smallest absolute Gasteiger partial charge is 0.329 e. The van der Waals surface area contributed by atoms with E-state index in [1.165, 1.54) is 13.3 Å². The maximum Gasteiger partial charge on any atom is 0.329 e. The van der Waals surface area contributed by atoms with E-state index >= 15 is 0 Å². The minimum atomic E-state index is -0.882. The number of methoxy groups -OCH3 is 1. The molecule has 1 aliphatic heterocycles. The summed E-state index contributed by atoms with van der Waals surface area (Å²) in [6, 6.07) is 10.1. The summed E-state index contributed by atoms with van der Waals surface area (Å²) in [5.74, 6) is -1.26. The normalized spacial score (nSPS) is 15.0. The standard InChI is InChI=1S/C23H24ClIN4O6/c1-33-19-10-14(11-27-29-23(32)22(31)26-12-17-3-2-8-34-17)9-18(25)21(19)35-13-20(30)28-16-6-4-15(24)5-7-16/h4-7,9-11,17H,2-3,8,12-13H2,1H3,(H,26,31)(H,28,30)(H,29,32)/b27-11-/t17-/m1/s1. The van der Waals surface area contributed by atoms with E-state index in [2.05, 4.69) is 21.2 Å². The number of ether oxygens (including phenoxy) is 3. The molecule has 1 aliphatic rings. The van der Waals surface area contributed by atoms with Gasteiger partial charge in [0.1, 0.15) is 0 Å². The van der Waals surface area contributed by atoms with Gasteiger partial charge in [-0.05, 0) is 77.4 Å². The Morgan fingerprint density at radius 3 is 2.69 bits per heavy atom. The highest BCUT2D eigenvalue weighted by molar-refractivity contribution is 14.1. The second-order valence-corrected chi connectivity index (χ2v) is 9.02. The quantitative estimate of drug-likeness (QED) is 0.173. The second-order valence-electron chi connectivity index (χ2n) is 7.42. The Hall–Kier alpha value is -2.90. The van der Waals surface area contributed by atoms with Gasteiger partial charge < -0.3 is 24.8 Å². The van der Waals surface area contributed by atoms with Gasteiger partial charge in [-0.3, -0.25) is 14.4 Å². The summed E-state index contributed by atoms with van der Waals surface area (Å²) in [6.07, 6.45) is 3.11. The molecule has 3 N–H and O–H groups in total. The molecule has 12 heteroatoms. The van der Waals surface area contributed by atoms with Crippen LogP contribution in [0.1, 0.15) is 18.4 Å². The third-order valence-electron chi connectivity index (χ3n) is 4.83. The molecular weight excluding hydrogens is 591 g/mol. The molecule has 186 valence electrons. The molecule has 0 aliphatic carbocycles. The predicted octanol–water partition coefficient (Wildman–Crippen LogP) is 2.72. The summed E-state index contributed by atoms with van der Waals surface area (Å²) in [5.41, 5.74) is 3.37. The van der Waals surface area contributed by atoms with E-state index in [1.807, 2.05) is 22.6 Å². The zero-order chi connectivity index (χ0) is 25.2. The van der Waals surface area contributed by atoms with Gasteiger partial charge in [0.2, 0.25) is 0 Å². The van der Waals surface area contributed by atoms with E-state index in [1.54, 1.807) is 36.4 Å². The first kappa shape index (κ1) is 26.7. The SMILES string of the molecule is COc1cc(/C=N\NC(=O)C(=O)NC[C@H]2CCCO2)cc(I)c1OCC(=O)Nc1ccc(Cl)cc1. The van der Waals surface area contributed by atoms with Gasteiger partial charge in [0.15, 0.2) is 18.1 Å². The monoisotopic (exact) mass is 614 g/mol. The Labute approximate surface area is 220 Å². The van der Waals surface area contributed by atoms with Crippen LogP contribution in [0.2, 0.25) is 5.02 Å². The fourth-order valence-corrected chi connectivity index (χ4v) is 4.04. The lowest BCUT2D eigenvalue weighted by atomic mass is 10.2. The van der Waals surface area contributed by atoms with Crippen LogP contribution in [0.3, 0.4) is 0 Å². The molecule has 1 saturated heterocycles. The lowest BCUT2D eigenvalue weighted by molar-refractivity contribution is -0.139. The van der Waals surface area contributed by atoms with Crippen molar-refractivity contribution >= 4 is 63.8 Å². The fraction of sp³-hybridized carbons (Fsp3) is 0.304. The van der Waals surface area contributed by atoms with Crippen LogP contribution < -0.4 is 25.5 Å². The number of anilines is 1. The zero-order valence-corrected chi connectivity index (χ0v) is 21.7. The van der Waals surface area contributed by atoms with Gasteiger partial charge in [-0.1, -0.05) is 11.6 Å². The van der Waals surface area contributed by atoms with E-state index in [9.17, 15) is 14.4 Å². The lowest BCUT2D eigenvalue weighted by Crippen LogP contribution is -2.41. The largest absolute Gasteiger partial charge is 0.493 e. The Kier molecular flexibility index (Phi) is 10.1. The first-order valence-electron chi connectivity index (χ1n) is 10.6. The second kappa shape index (κ2) is 13.3. The van der Waals surface area contributed by atoms with Gasteiger partial charge >= 0.3 is 11.8 Å². The van der Waals surface area contributed by atoms with Crippen molar-refractivity contribution in [3.05, 3.63) is 50.6 Å². The number of nitrogens with zero attached hydrogens (tertiary/aromatic N) is 1. The van der Waals surface area contributed by atoms with E-state index < -0.39 is 11.8 Å². The maximum absolute atomic E-state index is 12.2. The van der Waals surface area contributed by atoms with Gasteiger partial charge in [-0.2, -0.15) is 5.10 Å². The number of hydrogen-bond donors (Lipinski definition) is 3. The highest BCUT2D eigenvalue weighted by Crippen LogP contribution is 2.33. The van der Waals surface area contributed by atoms with E-state index in [4.69, 9.17) is 25.8 Å². The molecule has 2 aromatic carbocycles. The average Bonchev–Trinajstić information content (AvgIpc) is 3.36.